The van der Waals surface area contributed by atoms with Crippen LogP contribution in [0.4, 0.5) is 4.79 Å². The quantitative estimate of drug-likeness (QED) is 0.793. The predicted octanol–water partition coefficient (Wildman–Crippen LogP) is 1.87. The number of aliphatic carboxylic acids is 1. The van der Waals surface area contributed by atoms with Crippen LogP contribution in [0.3, 0.4) is 0 Å². The van der Waals surface area contributed by atoms with Crippen molar-refractivity contribution in [1.82, 2.24) is 5.32 Å². The van der Waals surface area contributed by atoms with E-state index in [0.717, 1.165) is 0 Å². The van der Waals surface area contributed by atoms with Gasteiger partial charge in [-0.05, 0) is 32.1 Å². The van der Waals surface area contributed by atoms with E-state index in [1.807, 2.05) is 13.8 Å². The molecule has 0 bridgehead atoms. The number of rotatable bonds is 3. The van der Waals surface area contributed by atoms with Crippen LogP contribution in [0.5, 0.6) is 0 Å². The van der Waals surface area contributed by atoms with Crippen LogP contribution in [-0.4, -0.2) is 29.3 Å². The maximum Gasteiger partial charge on any atom is 0.407 e. The van der Waals surface area contributed by atoms with E-state index in [2.05, 4.69) is 5.32 Å². The highest BCUT2D eigenvalue weighted by Crippen LogP contribution is 2.57. The summed E-state index contributed by atoms with van der Waals surface area (Å²) < 4.78 is 5.08. The van der Waals surface area contributed by atoms with E-state index in [9.17, 15) is 9.59 Å². The molecule has 2 atom stereocenters. The maximum absolute atomic E-state index is 11.4. The van der Waals surface area contributed by atoms with Gasteiger partial charge in [-0.2, -0.15) is 0 Å². The molecule has 0 aromatic heterocycles. The number of ether oxygens (including phenoxy) is 1. The van der Waals surface area contributed by atoms with Crippen molar-refractivity contribution in [2.75, 3.05) is 6.54 Å². The molecule has 0 spiro atoms. The molecule has 1 saturated carbocycles. The molecule has 1 aliphatic carbocycles. The average molecular weight is 243 g/mol. The van der Waals surface area contributed by atoms with Crippen LogP contribution in [0.1, 0.15) is 34.6 Å². The first-order valence-corrected chi connectivity index (χ1v) is 5.75. The highest BCUT2D eigenvalue weighted by molar-refractivity contribution is 5.76. The van der Waals surface area contributed by atoms with Gasteiger partial charge in [0.05, 0.1) is 5.92 Å². The summed E-state index contributed by atoms with van der Waals surface area (Å²) in [6.45, 7) is 9.49. The van der Waals surface area contributed by atoms with Crippen LogP contribution in [-0.2, 0) is 9.53 Å². The van der Waals surface area contributed by atoms with Crippen molar-refractivity contribution in [3.8, 4) is 0 Å². The van der Waals surface area contributed by atoms with Gasteiger partial charge in [-0.25, -0.2) is 4.79 Å². The minimum atomic E-state index is -0.800. The van der Waals surface area contributed by atoms with Crippen molar-refractivity contribution in [1.29, 1.82) is 0 Å². The summed E-state index contributed by atoms with van der Waals surface area (Å²) >= 11 is 0. The molecule has 1 amide bonds. The molecule has 17 heavy (non-hydrogen) atoms. The van der Waals surface area contributed by atoms with Crippen LogP contribution < -0.4 is 5.32 Å². The Kier molecular flexibility index (Phi) is 3.41. The fraction of sp³-hybridized carbons (Fsp3) is 0.833. The van der Waals surface area contributed by atoms with E-state index in [0.29, 0.717) is 6.54 Å². The van der Waals surface area contributed by atoms with Gasteiger partial charge in [0.15, 0.2) is 0 Å². The molecule has 1 aliphatic rings. The zero-order valence-electron chi connectivity index (χ0n) is 11.0. The van der Waals surface area contributed by atoms with E-state index in [-0.39, 0.29) is 17.3 Å². The number of nitrogens with one attached hydrogen (secondary N) is 1. The number of hydrogen-bond acceptors (Lipinski definition) is 3. The monoisotopic (exact) mass is 243 g/mol. The molecule has 1 rings (SSSR count). The van der Waals surface area contributed by atoms with Crippen LogP contribution in [0.15, 0.2) is 0 Å². The Balaban J connectivity index is 2.39. The highest BCUT2D eigenvalue weighted by Gasteiger charge is 2.61. The molecule has 0 radical (unpaired) electrons. The van der Waals surface area contributed by atoms with E-state index in [1.54, 1.807) is 20.8 Å². The second-order valence-electron chi connectivity index (χ2n) is 6.13. The molecule has 1 fully saturated rings. The van der Waals surface area contributed by atoms with E-state index in [1.165, 1.54) is 0 Å². The van der Waals surface area contributed by atoms with Crippen molar-refractivity contribution in [3.63, 3.8) is 0 Å². The summed E-state index contributed by atoms with van der Waals surface area (Å²) in [6.07, 6.45) is -0.496. The summed E-state index contributed by atoms with van der Waals surface area (Å²) in [7, 11) is 0. The number of carboxylic acid groups (broad SMARTS) is 1. The fourth-order valence-electron chi connectivity index (χ4n) is 2.12. The van der Waals surface area contributed by atoms with Gasteiger partial charge in [-0.3, -0.25) is 4.79 Å². The third-order valence-electron chi connectivity index (χ3n) is 3.18. The fourth-order valence-corrected chi connectivity index (χ4v) is 2.12. The summed E-state index contributed by atoms with van der Waals surface area (Å²) in [5.74, 6) is -1.20. The van der Waals surface area contributed by atoms with Gasteiger partial charge in [0.25, 0.3) is 0 Å². The topological polar surface area (TPSA) is 75.6 Å². The van der Waals surface area contributed by atoms with Crippen molar-refractivity contribution in [2.24, 2.45) is 17.3 Å². The Labute approximate surface area is 102 Å². The summed E-state index contributed by atoms with van der Waals surface area (Å²) in [4.78, 5) is 22.3. The second kappa shape index (κ2) is 4.20. The lowest BCUT2D eigenvalue weighted by atomic mass is 10.1. The lowest BCUT2D eigenvalue weighted by Crippen LogP contribution is -2.34. The van der Waals surface area contributed by atoms with Crippen molar-refractivity contribution in [2.45, 2.75) is 40.2 Å². The van der Waals surface area contributed by atoms with Gasteiger partial charge < -0.3 is 15.2 Å². The van der Waals surface area contributed by atoms with Gasteiger partial charge in [0.1, 0.15) is 5.60 Å². The Hall–Kier alpha value is -1.26. The number of carboxylic acids is 1. The molecule has 0 aromatic carbocycles. The smallest absolute Gasteiger partial charge is 0.407 e. The number of hydrogen-bond donors (Lipinski definition) is 2. The molecule has 0 saturated heterocycles. The number of carbonyl (C=O) groups excluding carboxylic acids is 1. The van der Waals surface area contributed by atoms with Crippen LogP contribution in [0.25, 0.3) is 0 Å². The van der Waals surface area contributed by atoms with Gasteiger partial charge in [0.2, 0.25) is 0 Å². The molecule has 5 heteroatoms. The second-order valence-corrected chi connectivity index (χ2v) is 6.13. The minimum Gasteiger partial charge on any atom is -0.481 e. The summed E-state index contributed by atoms with van der Waals surface area (Å²) in [5, 5.41) is 11.6. The molecular formula is C12H21NO4. The zero-order chi connectivity index (χ0) is 13.4. The third kappa shape index (κ3) is 3.35. The lowest BCUT2D eigenvalue weighted by molar-refractivity contribution is -0.139. The SMILES string of the molecule is CC(C)(C)OC(=O)NCC1C(C(=O)O)C1(C)C. The van der Waals surface area contributed by atoms with Crippen molar-refractivity contribution < 1.29 is 19.4 Å². The van der Waals surface area contributed by atoms with E-state index >= 15 is 0 Å². The Morgan fingerprint density at radius 2 is 1.88 bits per heavy atom. The van der Waals surface area contributed by atoms with E-state index < -0.39 is 17.7 Å². The highest BCUT2D eigenvalue weighted by atomic mass is 16.6. The van der Waals surface area contributed by atoms with Crippen LogP contribution in [0, 0.1) is 17.3 Å². The Morgan fingerprint density at radius 1 is 1.35 bits per heavy atom. The van der Waals surface area contributed by atoms with Gasteiger partial charge >= 0.3 is 12.1 Å². The molecule has 2 unspecified atom stereocenters. The van der Waals surface area contributed by atoms with Crippen LogP contribution in [0.2, 0.25) is 0 Å². The Bertz CT molecular complexity index is 330. The number of alkyl carbamates (subject to hydrolysis) is 1. The first kappa shape index (κ1) is 13.8. The number of carbonyl (C=O) groups is 2. The third-order valence-corrected chi connectivity index (χ3v) is 3.18. The molecule has 5 nitrogen and oxygen atoms in total. The number of amides is 1. The first-order valence-electron chi connectivity index (χ1n) is 5.75. The molecule has 2 N–H and O–H groups in total. The maximum atomic E-state index is 11.4. The average Bonchev–Trinajstić information content (AvgIpc) is 2.61. The Morgan fingerprint density at radius 3 is 2.24 bits per heavy atom. The normalized spacial score (nSPS) is 26.2. The van der Waals surface area contributed by atoms with Crippen LogP contribution >= 0.6 is 0 Å². The lowest BCUT2D eigenvalue weighted by Gasteiger charge is -2.19. The molecule has 0 heterocycles. The summed E-state index contributed by atoms with van der Waals surface area (Å²) in [6, 6.07) is 0. The van der Waals surface area contributed by atoms with Gasteiger partial charge in [0, 0.05) is 6.54 Å². The largest absolute Gasteiger partial charge is 0.481 e. The molecule has 0 aromatic rings. The first-order chi connectivity index (χ1) is 7.55. The van der Waals surface area contributed by atoms with E-state index in [4.69, 9.17) is 9.84 Å². The predicted molar refractivity (Wildman–Crippen MR) is 62.6 cm³/mol. The van der Waals surface area contributed by atoms with Gasteiger partial charge in [-0.1, -0.05) is 13.8 Å². The zero-order valence-corrected chi connectivity index (χ0v) is 11.0. The van der Waals surface area contributed by atoms with Crippen molar-refractivity contribution >= 4 is 12.1 Å². The summed E-state index contributed by atoms with van der Waals surface area (Å²) in [5.41, 5.74) is -0.782. The standard InChI is InChI=1S/C12H21NO4/c1-11(2,3)17-10(16)13-6-7-8(9(14)15)12(7,4)5/h7-8H,6H2,1-5H3,(H,13,16)(H,14,15). The van der Waals surface area contributed by atoms with Gasteiger partial charge in [-0.15, -0.1) is 0 Å². The molecule has 0 aliphatic heterocycles. The molecular weight excluding hydrogens is 222 g/mol. The minimum absolute atomic E-state index is 0.0208. The molecule has 98 valence electrons. The van der Waals surface area contributed by atoms with Crippen molar-refractivity contribution in [3.05, 3.63) is 0 Å².